The minimum absolute atomic E-state index is 0.194. The third-order valence-electron chi connectivity index (χ3n) is 8.34. The lowest BCUT2D eigenvalue weighted by atomic mass is 9.96. The van der Waals surface area contributed by atoms with Crippen molar-refractivity contribution in [2.45, 2.75) is 194 Å². The Bertz CT molecular complexity index is 481. The lowest BCUT2D eigenvalue weighted by molar-refractivity contribution is -0.121. The molecule has 0 fully saturated rings. The molecule has 0 saturated carbocycles. The molecule has 4 nitrogen and oxygen atoms in total. The van der Waals surface area contributed by atoms with Crippen LogP contribution in [0.5, 0.6) is 0 Å². The zero-order valence-corrected chi connectivity index (χ0v) is 26.5. The molecule has 0 aliphatic rings. The predicted octanol–water partition coefficient (Wildman–Crippen LogP) is 9.58. The Morgan fingerprint density at radius 2 is 1.00 bits per heavy atom. The molecular formula is C34H70N2O2. The van der Waals surface area contributed by atoms with E-state index < -0.39 is 0 Å². The topological polar surface area (TPSA) is 52.6 Å². The van der Waals surface area contributed by atoms with Gasteiger partial charge in [0.15, 0.2) is 0 Å². The molecule has 2 atom stereocenters. The number of amides is 1. The quantitative estimate of drug-likeness (QED) is 0.0895. The number of carbonyl (C=O) groups excluding carboxylic acids is 1. The first kappa shape index (κ1) is 37.4. The smallest absolute Gasteiger partial charge is 0.219 e. The van der Waals surface area contributed by atoms with Crippen molar-refractivity contribution in [3.8, 4) is 0 Å². The van der Waals surface area contributed by atoms with Crippen LogP contribution in [0.1, 0.15) is 182 Å². The summed E-state index contributed by atoms with van der Waals surface area (Å²) in [5.41, 5.74) is 0. The molecule has 0 aliphatic carbocycles. The summed E-state index contributed by atoms with van der Waals surface area (Å²) in [4.78, 5) is 14.6. The van der Waals surface area contributed by atoms with Crippen LogP contribution >= 0.6 is 0 Å². The van der Waals surface area contributed by atoms with Crippen molar-refractivity contribution in [2.75, 3.05) is 19.6 Å². The molecule has 0 rings (SSSR count). The average molecular weight is 539 g/mol. The van der Waals surface area contributed by atoms with Gasteiger partial charge < -0.3 is 10.4 Å². The Kier molecular flexibility index (Phi) is 28.9. The summed E-state index contributed by atoms with van der Waals surface area (Å²) in [5, 5.41) is 14.1. The molecule has 4 heteroatoms. The van der Waals surface area contributed by atoms with Crippen molar-refractivity contribution in [1.82, 2.24) is 10.2 Å². The third-order valence-corrected chi connectivity index (χ3v) is 8.34. The first-order chi connectivity index (χ1) is 18.6. The Morgan fingerprint density at radius 3 is 1.50 bits per heavy atom. The van der Waals surface area contributed by atoms with Crippen LogP contribution in [0.25, 0.3) is 0 Å². The fourth-order valence-electron chi connectivity index (χ4n) is 5.74. The van der Waals surface area contributed by atoms with Crippen LogP contribution in [0.4, 0.5) is 0 Å². The van der Waals surface area contributed by atoms with E-state index in [4.69, 9.17) is 0 Å². The largest absolute Gasteiger partial charge is 0.391 e. The molecule has 0 spiro atoms. The molecule has 0 aliphatic heterocycles. The van der Waals surface area contributed by atoms with Crippen LogP contribution in [0.3, 0.4) is 0 Å². The lowest BCUT2D eigenvalue weighted by Gasteiger charge is -2.33. The van der Waals surface area contributed by atoms with Gasteiger partial charge >= 0.3 is 0 Å². The summed E-state index contributed by atoms with van der Waals surface area (Å²) in [5.74, 6) is 0.236. The van der Waals surface area contributed by atoms with Crippen molar-refractivity contribution in [1.29, 1.82) is 0 Å². The molecule has 38 heavy (non-hydrogen) atoms. The molecule has 228 valence electrons. The van der Waals surface area contributed by atoms with E-state index in [0.717, 1.165) is 58.2 Å². The number of carbonyl (C=O) groups is 1. The second kappa shape index (κ2) is 29.4. The zero-order chi connectivity index (χ0) is 28.1. The fraction of sp³-hybridized carbons (Fsp3) is 0.971. The molecular weight excluding hydrogens is 468 g/mol. The predicted molar refractivity (Wildman–Crippen MR) is 168 cm³/mol. The number of aliphatic hydroxyl groups excluding tert-OH is 1. The maximum Gasteiger partial charge on any atom is 0.219 e. The molecule has 0 aromatic carbocycles. The normalized spacial score (nSPS) is 13.2. The van der Waals surface area contributed by atoms with Gasteiger partial charge in [0.1, 0.15) is 0 Å². The second-order valence-corrected chi connectivity index (χ2v) is 11.8. The van der Waals surface area contributed by atoms with E-state index in [1.54, 1.807) is 0 Å². The summed E-state index contributed by atoms with van der Waals surface area (Å²) in [6, 6.07) is 0.303. The minimum Gasteiger partial charge on any atom is -0.391 e. The van der Waals surface area contributed by atoms with E-state index in [-0.39, 0.29) is 12.0 Å². The standard InChI is InChI=1S/C34H70N2O2/c1-5-9-11-13-15-16-17-18-23-27-31-35-34(38)30-26-22-19-20-24-28-32(36(7-3)8-4)33(37)29-25-21-14-12-10-6-2/h32-33,37H,5-31H2,1-4H3,(H,35,38). The summed E-state index contributed by atoms with van der Waals surface area (Å²) >= 11 is 0. The number of hydrogen-bond donors (Lipinski definition) is 2. The van der Waals surface area contributed by atoms with Gasteiger partial charge in [-0.2, -0.15) is 0 Å². The molecule has 2 N–H and O–H groups in total. The highest BCUT2D eigenvalue weighted by atomic mass is 16.3. The van der Waals surface area contributed by atoms with Gasteiger partial charge in [-0.3, -0.25) is 9.69 Å². The van der Waals surface area contributed by atoms with E-state index in [0.29, 0.717) is 12.5 Å². The summed E-state index contributed by atoms with van der Waals surface area (Å²) in [6.45, 7) is 11.9. The number of nitrogens with zero attached hydrogens (tertiary/aromatic N) is 1. The van der Waals surface area contributed by atoms with Crippen LogP contribution < -0.4 is 5.32 Å². The number of aliphatic hydroxyl groups is 1. The maximum atomic E-state index is 12.1. The molecule has 2 unspecified atom stereocenters. The zero-order valence-electron chi connectivity index (χ0n) is 26.5. The first-order valence-corrected chi connectivity index (χ1v) is 17.3. The van der Waals surface area contributed by atoms with Gasteiger partial charge in [0, 0.05) is 19.0 Å². The third kappa shape index (κ3) is 23.3. The lowest BCUT2D eigenvalue weighted by Crippen LogP contribution is -2.43. The molecule has 0 radical (unpaired) electrons. The summed E-state index contributed by atoms with van der Waals surface area (Å²) < 4.78 is 0. The fourth-order valence-corrected chi connectivity index (χ4v) is 5.74. The molecule has 1 amide bonds. The van der Waals surface area contributed by atoms with Gasteiger partial charge in [0.05, 0.1) is 6.10 Å². The van der Waals surface area contributed by atoms with Crippen LogP contribution in [0.2, 0.25) is 0 Å². The molecule has 0 aromatic heterocycles. The van der Waals surface area contributed by atoms with Crippen LogP contribution in [0, 0.1) is 0 Å². The number of hydrogen-bond acceptors (Lipinski definition) is 3. The Balaban J connectivity index is 3.78. The Labute approximate surface area is 239 Å². The van der Waals surface area contributed by atoms with Crippen molar-refractivity contribution in [2.24, 2.45) is 0 Å². The SMILES string of the molecule is CCCCCCCCCCCCNC(=O)CCCCCCCC(C(O)CCCCCCCC)N(CC)CC. The van der Waals surface area contributed by atoms with Crippen molar-refractivity contribution < 1.29 is 9.90 Å². The van der Waals surface area contributed by atoms with Crippen molar-refractivity contribution in [3.63, 3.8) is 0 Å². The van der Waals surface area contributed by atoms with Gasteiger partial charge in [-0.05, 0) is 38.8 Å². The molecule has 0 heterocycles. The van der Waals surface area contributed by atoms with E-state index in [1.807, 2.05) is 0 Å². The van der Waals surface area contributed by atoms with Gasteiger partial charge in [-0.15, -0.1) is 0 Å². The first-order valence-electron chi connectivity index (χ1n) is 17.3. The Morgan fingerprint density at radius 1 is 0.579 bits per heavy atom. The van der Waals surface area contributed by atoms with E-state index in [2.05, 4.69) is 37.9 Å². The van der Waals surface area contributed by atoms with Gasteiger partial charge in [-0.1, -0.05) is 150 Å². The van der Waals surface area contributed by atoms with Crippen LogP contribution in [-0.2, 0) is 4.79 Å². The highest BCUT2D eigenvalue weighted by molar-refractivity contribution is 5.75. The van der Waals surface area contributed by atoms with Crippen LogP contribution in [0.15, 0.2) is 0 Å². The second-order valence-electron chi connectivity index (χ2n) is 11.8. The summed E-state index contributed by atoms with van der Waals surface area (Å²) in [6.07, 6.45) is 29.3. The molecule has 0 saturated heterocycles. The monoisotopic (exact) mass is 539 g/mol. The Hall–Kier alpha value is -0.610. The highest BCUT2D eigenvalue weighted by Crippen LogP contribution is 2.19. The van der Waals surface area contributed by atoms with Crippen molar-refractivity contribution >= 4 is 5.91 Å². The maximum absolute atomic E-state index is 12.1. The van der Waals surface area contributed by atoms with E-state index in [1.165, 1.54) is 109 Å². The number of nitrogens with one attached hydrogen (secondary N) is 1. The number of likely N-dealkylation sites (N-methyl/N-ethyl adjacent to an activating group) is 1. The summed E-state index contributed by atoms with van der Waals surface area (Å²) in [7, 11) is 0. The molecule has 0 aromatic rings. The van der Waals surface area contributed by atoms with E-state index in [9.17, 15) is 9.90 Å². The minimum atomic E-state index is -0.194. The molecule has 0 bridgehead atoms. The van der Waals surface area contributed by atoms with E-state index >= 15 is 0 Å². The van der Waals surface area contributed by atoms with Gasteiger partial charge in [0.25, 0.3) is 0 Å². The number of rotatable bonds is 30. The average Bonchev–Trinajstić information content (AvgIpc) is 2.92. The van der Waals surface area contributed by atoms with Crippen LogP contribution in [-0.4, -0.2) is 47.7 Å². The highest BCUT2D eigenvalue weighted by Gasteiger charge is 2.23. The van der Waals surface area contributed by atoms with Gasteiger partial charge in [-0.25, -0.2) is 0 Å². The number of unbranched alkanes of at least 4 members (excludes halogenated alkanes) is 18. The van der Waals surface area contributed by atoms with Crippen molar-refractivity contribution in [3.05, 3.63) is 0 Å². The van der Waals surface area contributed by atoms with Gasteiger partial charge in [0.2, 0.25) is 5.91 Å².